The molecule has 0 amide bonds. The molecule has 0 radical (unpaired) electrons. The van der Waals surface area contributed by atoms with Gasteiger partial charge in [0.2, 0.25) is 0 Å². The summed E-state index contributed by atoms with van der Waals surface area (Å²) in [4.78, 5) is 0. The molecule has 76 valence electrons. The summed E-state index contributed by atoms with van der Waals surface area (Å²) in [6, 6.07) is 0.197. The van der Waals surface area contributed by atoms with Crippen LogP contribution in [-0.2, 0) is 4.74 Å². The van der Waals surface area contributed by atoms with E-state index < -0.39 is 0 Å². The molecule has 0 spiro atoms. The summed E-state index contributed by atoms with van der Waals surface area (Å²) in [5, 5.41) is 3.23. The monoisotopic (exact) mass is 183 g/mol. The minimum Gasteiger partial charge on any atom is -0.380 e. The van der Waals surface area contributed by atoms with E-state index in [1.165, 1.54) is 0 Å². The standard InChI is InChI=1S/C11H21NO/c1-5-11(6-2)12-7-8-13-9-10(3)4/h1,10-12H,6-9H2,2-4H3. The zero-order valence-corrected chi connectivity index (χ0v) is 8.97. The summed E-state index contributed by atoms with van der Waals surface area (Å²) in [5.74, 6) is 3.29. The van der Waals surface area contributed by atoms with Crippen LogP contribution in [0.4, 0.5) is 0 Å². The average molecular weight is 183 g/mol. The minimum absolute atomic E-state index is 0.197. The van der Waals surface area contributed by atoms with Gasteiger partial charge in [-0.1, -0.05) is 26.7 Å². The van der Waals surface area contributed by atoms with Crippen molar-refractivity contribution >= 4 is 0 Å². The minimum atomic E-state index is 0.197. The van der Waals surface area contributed by atoms with Gasteiger partial charge >= 0.3 is 0 Å². The molecule has 0 bridgehead atoms. The molecule has 0 heterocycles. The van der Waals surface area contributed by atoms with Crippen molar-refractivity contribution < 1.29 is 4.74 Å². The summed E-state index contributed by atoms with van der Waals surface area (Å²) in [7, 11) is 0. The maximum atomic E-state index is 5.40. The van der Waals surface area contributed by atoms with Crippen LogP contribution in [-0.4, -0.2) is 25.8 Å². The quantitative estimate of drug-likeness (QED) is 0.479. The van der Waals surface area contributed by atoms with Crippen molar-refractivity contribution in [1.82, 2.24) is 5.32 Å². The van der Waals surface area contributed by atoms with E-state index in [0.717, 1.165) is 26.2 Å². The maximum Gasteiger partial charge on any atom is 0.0685 e. The molecule has 0 fully saturated rings. The van der Waals surface area contributed by atoms with Gasteiger partial charge in [0.15, 0.2) is 0 Å². The Bertz CT molecular complexity index is 149. The lowest BCUT2D eigenvalue weighted by Gasteiger charge is -2.11. The highest BCUT2D eigenvalue weighted by Gasteiger charge is 1.99. The number of ether oxygens (including phenoxy) is 1. The van der Waals surface area contributed by atoms with Gasteiger partial charge in [-0.15, -0.1) is 6.42 Å². The van der Waals surface area contributed by atoms with Crippen molar-refractivity contribution in [2.45, 2.75) is 33.2 Å². The van der Waals surface area contributed by atoms with E-state index in [1.807, 2.05) is 0 Å². The Morgan fingerprint density at radius 3 is 2.62 bits per heavy atom. The number of terminal acetylenes is 1. The number of hydrogen-bond acceptors (Lipinski definition) is 2. The fraction of sp³-hybridized carbons (Fsp3) is 0.818. The smallest absolute Gasteiger partial charge is 0.0685 e. The summed E-state index contributed by atoms with van der Waals surface area (Å²) >= 11 is 0. The van der Waals surface area contributed by atoms with Crippen molar-refractivity contribution in [2.75, 3.05) is 19.8 Å². The van der Waals surface area contributed by atoms with E-state index >= 15 is 0 Å². The fourth-order valence-electron chi connectivity index (χ4n) is 0.945. The third-order valence-corrected chi connectivity index (χ3v) is 1.70. The van der Waals surface area contributed by atoms with E-state index in [4.69, 9.17) is 11.2 Å². The van der Waals surface area contributed by atoms with E-state index in [0.29, 0.717) is 5.92 Å². The van der Waals surface area contributed by atoms with Crippen LogP contribution in [0, 0.1) is 18.3 Å². The van der Waals surface area contributed by atoms with E-state index in [1.54, 1.807) is 0 Å². The molecular formula is C11H21NO. The highest BCUT2D eigenvalue weighted by atomic mass is 16.5. The van der Waals surface area contributed by atoms with E-state index in [9.17, 15) is 0 Å². The summed E-state index contributed by atoms with van der Waals surface area (Å²) in [5.41, 5.74) is 0. The van der Waals surface area contributed by atoms with Gasteiger partial charge in [0.1, 0.15) is 0 Å². The van der Waals surface area contributed by atoms with Crippen LogP contribution in [0.15, 0.2) is 0 Å². The van der Waals surface area contributed by atoms with Crippen LogP contribution in [0.1, 0.15) is 27.2 Å². The molecule has 2 heteroatoms. The molecule has 0 aliphatic rings. The van der Waals surface area contributed by atoms with Crippen molar-refractivity contribution in [3.05, 3.63) is 0 Å². The molecule has 0 saturated carbocycles. The molecular weight excluding hydrogens is 162 g/mol. The Labute approximate surface area is 82.1 Å². The summed E-state index contributed by atoms with van der Waals surface area (Å²) < 4.78 is 5.40. The SMILES string of the molecule is C#CC(CC)NCCOCC(C)C. The van der Waals surface area contributed by atoms with Crippen LogP contribution < -0.4 is 5.32 Å². The molecule has 2 nitrogen and oxygen atoms in total. The lowest BCUT2D eigenvalue weighted by molar-refractivity contribution is 0.111. The molecule has 0 aromatic rings. The normalized spacial score (nSPS) is 12.8. The van der Waals surface area contributed by atoms with Gasteiger partial charge in [-0.2, -0.15) is 0 Å². The predicted molar refractivity (Wildman–Crippen MR) is 56.6 cm³/mol. The molecule has 1 N–H and O–H groups in total. The first-order valence-electron chi connectivity index (χ1n) is 4.98. The second-order valence-electron chi connectivity index (χ2n) is 3.55. The Kier molecular flexibility index (Phi) is 7.77. The largest absolute Gasteiger partial charge is 0.380 e. The van der Waals surface area contributed by atoms with Crippen molar-refractivity contribution in [3.63, 3.8) is 0 Å². The van der Waals surface area contributed by atoms with Gasteiger partial charge in [-0.05, 0) is 12.3 Å². The first kappa shape index (κ1) is 12.5. The highest BCUT2D eigenvalue weighted by molar-refractivity contribution is 4.97. The molecule has 0 saturated heterocycles. The van der Waals surface area contributed by atoms with Crippen molar-refractivity contribution in [1.29, 1.82) is 0 Å². The lowest BCUT2D eigenvalue weighted by atomic mass is 10.2. The molecule has 0 rings (SSSR count). The fourth-order valence-corrected chi connectivity index (χ4v) is 0.945. The maximum absolute atomic E-state index is 5.40. The summed E-state index contributed by atoms with van der Waals surface area (Å²) in [6.07, 6.45) is 6.27. The number of nitrogens with one attached hydrogen (secondary N) is 1. The summed E-state index contributed by atoms with van der Waals surface area (Å²) in [6.45, 7) is 8.78. The van der Waals surface area contributed by atoms with E-state index in [2.05, 4.69) is 32.0 Å². The van der Waals surface area contributed by atoms with Crippen molar-refractivity contribution in [3.8, 4) is 12.3 Å². The van der Waals surface area contributed by atoms with Gasteiger partial charge in [0.05, 0.1) is 12.6 Å². The molecule has 13 heavy (non-hydrogen) atoms. The third kappa shape index (κ3) is 7.83. The third-order valence-electron chi connectivity index (χ3n) is 1.70. The van der Waals surface area contributed by atoms with Crippen LogP contribution in [0.3, 0.4) is 0 Å². The Morgan fingerprint density at radius 2 is 2.15 bits per heavy atom. The predicted octanol–water partition coefficient (Wildman–Crippen LogP) is 1.66. The Balaban J connectivity index is 3.21. The van der Waals surface area contributed by atoms with Crippen LogP contribution >= 0.6 is 0 Å². The molecule has 1 unspecified atom stereocenters. The topological polar surface area (TPSA) is 21.3 Å². The lowest BCUT2D eigenvalue weighted by Crippen LogP contribution is -2.30. The Hall–Kier alpha value is -0.520. The van der Waals surface area contributed by atoms with Gasteiger partial charge in [0.25, 0.3) is 0 Å². The van der Waals surface area contributed by atoms with Gasteiger partial charge < -0.3 is 10.1 Å². The average Bonchev–Trinajstić information content (AvgIpc) is 2.11. The molecule has 1 atom stereocenters. The Morgan fingerprint density at radius 1 is 1.46 bits per heavy atom. The molecule has 0 aromatic carbocycles. The van der Waals surface area contributed by atoms with E-state index in [-0.39, 0.29) is 6.04 Å². The number of hydrogen-bond donors (Lipinski definition) is 1. The number of rotatable bonds is 7. The molecule has 0 aromatic heterocycles. The first-order valence-corrected chi connectivity index (χ1v) is 4.98. The first-order chi connectivity index (χ1) is 6.20. The van der Waals surface area contributed by atoms with Gasteiger partial charge in [0, 0.05) is 13.2 Å². The second-order valence-corrected chi connectivity index (χ2v) is 3.55. The van der Waals surface area contributed by atoms with Crippen LogP contribution in [0.25, 0.3) is 0 Å². The van der Waals surface area contributed by atoms with Gasteiger partial charge in [-0.25, -0.2) is 0 Å². The zero-order valence-electron chi connectivity index (χ0n) is 8.97. The van der Waals surface area contributed by atoms with Crippen LogP contribution in [0.5, 0.6) is 0 Å². The highest BCUT2D eigenvalue weighted by Crippen LogP contribution is 1.92. The van der Waals surface area contributed by atoms with Crippen molar-refractivity contribution in [2.24, 2.45) is 5.92 Å². The molecule has 0 aliphatic carbocycles. The zero-order chi connectivity index (χ0) is 10.1. The van der Waals surface area contributed by atoms with Gasteiger partial charge in [-0.3, -0.25) is 0 Å². The molecule has 0 aliphatic heterocycles. The second kappa shape index (κ2) is 8.10. The van der Waals surface area contributed by atoms with Crippen LogP contribution in [0.2, 0.25) is 0 Å².